The summed E-state index contributed by atoms with van der Waals surface area (Å²) >= 11 is 0. The molecule has 0 aliphatic carbocycles. The molecule has 1 fully saturated rings. The average Bonchev–Trinajstić information content (AvgIpc) is 2.62. The molecular formula is C21H26N2O2. The van der Waals surface area contributed by atoms with Crippen LogP contribution in [0.25, 0.3) is 0 Å². The maximum atomic E-state index is 12.9. The van der Waals surface area contributed by atoms with E-state index >= 15 is 0 Å². The molecule has 1 aliphatic heterocycles. The number of aryl methyl sites for hydroxylation is 2. The van der Waals surface area contributed by atoms with Crippen LogP contribution in [-0.2, 0) is 6.54 Å². The highest BCUT2D eigenvalue weighted by Gasteiger charge is 2.24. The number of carbonyl (C=O) groups is 1. The van der Waals surface area contributed by atoms with Crippen LogP contribution in [-0.4, -0.2) is 35.1 Å². The Balaban J connectivity index is 1.76. The Morgan fingerprint density at radius 1 is 1.24 bits per heavy atom. The smallest absolute Gasteiger partial charge is 0.256 e. The van der Waals surface area contributed by atoms with Crippen molar-refractivity contribution in [3.8, 4) is 0 Å². The molecule has 1 heterocycles. The highest BCUT2D eigenvalue weighted by atomic mass is 16.3. The van der Waals surface area contributed by atoms with Gasteiger partial charge in [0.1, 0.15) is 0 Å². The van der Waals surface area contributed by atoms with Gasteiger partial charge < -0.3 is 15.3 Å². The van der Waals surface area contributed by atoms with E-state index in [4.69, 9.17) is 0 Å². The number of hydrogen-bond donors (Lipinski definition) is 2. The normalized spacial score (nSPS) is 17.4. The lowest BCUT2D eigenvalue weighted by atomic mass is 10.0. The van der Waals surface area contributed by atoms with E-state index in [-0.39, 0.29) is 5.91 Å². The quantitative estimate of drug-likeness (QED) is 0.897. The number of likely N-dealkylation sites (tertiary alicyclic amines) is 1. The number of β-amino-alcohol motifs (C(OH)–C–C–N with tert-alkyl or cyclic N) is 1. The van der Waals surface area contributed by atoms with Crippen LogP contribution in [0.5, 0.6) is 0 Å². The number of amides is 1. The Kier molecular flexibility index (Phi) is 5.39. The fraction of sp³-hybridized carbons (Fsp3) is 0.381. The third-order valence-corrected chi connectivity index (χ3v) is 4.82. The first kappa shape index (κ1) is 17.5. The molecule has 2 aromatic rings. The molecule has 25 heavy (non-hydrogen) atoms. The predicted molar refractivity (Wildman–Crippen MR) is 101 cm³/mol. The van der Waals surface area contributed by atoms with Gasteiger partial charge in [-0.15, -0.1) is 0 Å². The third kappa shape index (κ3) is 4.20. The van der Waals surface area contributed by atoms with Gasteiger partial charge in [-0.05, 0) is 49.9 Å². The minimum Gasteiger partial charge on any atom is -0.391 e. The molecule has 0 spiro atoms. The largest absolute Gasteiger partial charge is 0.391 e. The van der Waals surface area contributed by atoms with Crippen LogP contribution in [0.4, 0.5) is 5.69 Å². The number of para-hydroxylation sites is 1. The molecule has 4 nitrogen and oxygen atoms in total. The fourth-order valence-electron chi connectivity index (χ4n) is 3.31. The molecule has 1 aliphatic rings. The summed E-state index contributed by atoms with van der Waals surface area (Å²) in [6, 6.07) is 14.0. The summed E-state index contributed by atoms with van der Waals surface area (Å²) in [6.45, 7) is 6.00. The lowest BCUT2D eigenvalue weighted by Crippen LogP contribution is -2.42. The summed E-state index contributed by atoms with van der Waals surface area (Å²) in [7, 11) is 0. The summed E-state index contributed by atoms with van der Waals surface area (Å²) in [5.41, 5.74) is 5.21. The van der Waals surface area contributed by atoms with Gasteiger partial charge in [-0.2, -0.15) is 0 Å². The number of anilines is 1. The summed E-state index contributed by atoms with van der Waals surface area (Å²) in [4.78, 5) is 14.6. The molecule has 132 valence electrons. The second-order valence-electron chi connectivity index (χ2n) is 6.88. The van der Waals surface area contributed by atoms with Crippen LogP contribution < -0.4 is 5.32 Å². The molecule has 1 atom stereocenters. The van der Waals surface area contributed by atoms with E-state index in [1.54, 1.807) is 4.90 Å². The zero-order valence-electron chi connectivity index (χ0n) is 15.0. The summed E-state index contributed by atoms with van der Waals surface area (Å²) < 4.78 is 0. The molecule has 4 heteroatoms. The number of nitrogens with one attached hydrogen (secondary N) is 1. The highest BCUT2D eigenvalue weighted by molar-refractivity contribution is 5.99. The van der Waals surface area contributed by atoms with Gasteiger partial charge in [-0.1, -0.05) is 35.9 Å². The Morgan fingerprint density at radius 2 is 2.04 bits per heavy atom. The maximum absolute atomic E-state index is 12.9. The molecule has 1 amide bonds. The van der Waals surface area contributed by atoms with Gasteiger partial charge in [0.25, 0.3) is 5.91 Å². The van der Waals surface area contributed by atoms with Crippen molar-refractivity contribution in [3.05, 3.63) is 64.7 Å². The molecule has 0 saturated carbocycles. The monoisotopic (exact) mass is 338 g/mol. The van der Waals surface area contributed by atoms with Crippen molar-refractivity contribution in [1.82, 2.24) is 4.90 Å². The molecule has 0 aromatic heterocycles. The van der Waals surface area contributed by atoms with E-state index in [1.165, 1.54) is 16.7 Å². The van der Waals surface area contributed by atoms with E-state index in [0.29, 0.717) is 25.2 Å². The first-order chi connectivity index (χ1) is 12.0. The highest BCUT2D eigenvalue weighted by Crippen LogP contribution is 2.21. The van der Waals surface area contributed by atoms with Gasteiger partial charge in [-0.25, -0.2) is 0 Å². The lowest BCUT2D eigenvalue weighted by molar-refractivity contribution is 0.0474. The molecule has 0 unspecified atom stereocenters. The van der Waals surface area contributed by atoms with E-state index in [9.17, 15) is 9.90 Å². The number of aliphatic hydroxyl groups is 1. The van der Waals surface area contributed by atoms with Crippen LogP contribution >= 0.6 is 0 Å². The van der Waals surface area contributed by atoms with Crippen LogP contribution in [0.1, 0.15) is 39.9 Å². The number of carbonyl (C=O) groups excluding carboxylic acids is 1. The summed E-state index contributed by atoms with van der Waals surface area (Å²) in [5.74, 6) is -0.0113. The first-order valence-corrected chi connectivity index (χ1v) is 8.91. The minimum absolute atomic E-state index is 0.0113. The van der Waals surface area contributed by atoms with E-state index in [0.717, 1.165) is 18.5 Å². The van der Waals surface area contributed by atoms with Crippen LogP contribution in [0.15, 0.2) is 42.5 Å². The molecule has 0 radical (unpaired) electrons. The Hall–Kier alpha value is -2.33. The molecule has 3 rings (SSSR count). The Morgan fingerprint density at radius 3 is 2.84 bits per heavy atom. The van der Waals surface area contributed by atoms with Gasteiger partial charge in [-0.3, -0.25) is 4.79 Å². The second-order valence-corrected chi connectivity index (χ2v) is 6.88. The van der Waals surface area contributed by atoms with Crippen molar-refractivity contribution >= 4 is 11.6 Å². The number of hydrogen-bond acceptors (Lipinski definition) is 3. The van der Waals surface area contributed by atoms with Gasteiger partial charge in [0, 0.05) is 25.3 Å². The van der Waals surface area contributed by atoms with Crippen molar-refractivity contribution in [2.24, 2.45) is 0 Å². The molecular weight excluding hydrogens is 312 g/mol. The van der Waals surface area contributed by atoms with Crippen molar-refractivity contribution < 1.29 is 9.90 Å². The predicted octanol–water partition coefficient (Wildman–Crippen LogP) is 3.51. The van der Waals surface area contributed by atoms with Gasteiger partial charge in [0.15, 0.2) is 0 Å². The van der Waals surface area contributed by atoms with Gasteiger partial charge in [0.2, 0.25) is 0 Å². The number of aliphatic hydroxyl groups excluding tert-OH is 1. The minimum atomic E-state index is -0.409. The summed E-state index contributed by atoms with van der Waals surface area (Å²) in [5, 5.41) is 13.3. The first-order valence-electron chi connectivity index (χ1n) is 8.91. The number of nitrogens with zero attached hydrogens (tertiary/aromatic N) is 1. The van der Waals surface area contributed by atoms with Crippen LogP contribution in [0, 0.1) is 13.8 Å². The van der Waals surface area contributed by atoms with Crippen molar-refractivity contribution in [2.75, 3.05) is 18.4 Å². The molecule has 2 aromatic carbocycles. The van der Waals surface area contributed by atoms with Crippen molar-refractivity contribution in [2.45, 2.75) is 39.3 Å². The number of benzene rings is 2. The zero-order valence-corrected chi connectivity index (χ0v) is 15.0. The third-order valence-electron chi connectivity index (χ3n) is 4.82. The van der Waals surface area contributed by atoms with Crippen LogP contribution in [0.3, 0.4) is 0 Å². The van der Waals surface area contributed by atoms with Crippen LogP contribution in [0.2, 0.25) is 0 Å². The molecule has 0 bridgehead atoms. The average molecular weight is 338 g/mol. The SMILES string of the molecule is Cc1ccc(C)c(CNc2ccccc2C(=O)N2CCC[C@H](O)C2)c1. The lowest BCUT2D eigenvalue weighted by Gasteiger charge is -2.30. The van der Waals surface area contributed by atoms with Crippen molar-refractivity contribution in [1.29, 1.82) is 0 Å². The summed E-state index contributed by atoms with van der Waals surface area (Å²) in [6.07, 6.45) is 1.22. The molecule has 1 saturated heterocycles. The van der Waals surface area contributed by atoms with E-state index in [1.807, 2.05) is 24.3 Å². The maximum Gasteiger partial charge on any atom is 0.256 e. The fourth-order valence-corrected chi connectivity index (χ4v) is 3.31. The number of piperidine rings is 1. The molecule has 2 N–H and O–H groups in total. The second kappa shape index (κ2) is 7.70. The Labute approximate surface area is 149 Å². The van der Waals surface area contributed by atoms with Crippen molar-refractivity contribution in [3.63, 3.8) is 0 Å². The number of rotatable bonds is 4. The van der Waals surface area contributed by atoms with Gasteiger partial charge in [0.05, 0.1) is 11.7 Å². The van der Waals surface area contributed by atoms with Gasteiger partial charge >= 0.3 is 0 Å². The van der Waals surface area contributed by atoms with E-state index in [2.05, 4.69) is 37.4 Å². The Bertz CT molecular complexity index is 757. The topological polar surface area (TPSA) is 52.6 Å². The standard InChI is InChI=1S/C21H26N2O2/c1-15-9-10-16(2)17(12-15)13-22-20-8-4-3-7-19(20)21(25)23-11-5-6-18(24)14-23/h3-4,7-10,12,18,22,24H,5-6,11,13-14H2,1-2H3/t18-/m0/s1. The van der Waals surface area contributed by atoms with E-state index < -0.39 is 6.10 Å². The zero-order chi connectivity index (χ0) is 17.8.